The van der Waals surface area contributed by atoms with Crippen LogP contribution in [-0.4, -0.2) is 46.4 Å². The lowest BCUT2D eigenvalue weighted by atomic mass is 9.95. The van der Waals surface area contributed by atoms with E-state index in [0.717, 1.165) is 35.3 Å². The molecule has 2 aromatic rings. The van der Waals surface area contributed by atoms with E-state index in [4.69, 9.17) is 0 Å². The Hall–Kier alpha value is -2.54. The SMILES string of the molecule is CSCCNC(=O)c1c2c(cn(Cc3ccccc3)c1=O)CN(C(=O)C1CC1)CC2. The zero-order chi connectivity index (χ0) is 21.1. The minimum Gasteiger partial charge on any atom is -0.351 e. The smallest absolute Gasteiger partial charge is 0.264 e. The summed E-state index contributed by atoms with van der Waals surface area (Å²) in [6.45, 7) is 1.95. The van der Waals surface area contributed by atoms with Crippen molar-refractivity contribution in [3.63, 3.8) is 0 Å². The van der Waals surface area contributed by atoms with Crippen molar-refractivity contribution in [2.75, 3.05) is 25.1 Å². The number of aromatic nitrogens is 1. The summed E-state index contributed by atoms with van der Waals surface area (Å²) in [6.07, 6.45) is 6.31. The Morgan fingerprint density at radius 1 is 1.20 bits per heavy atom. The van der Waals surface area contributed by atoms with Crippen molar-refractivity contribution < 1.29 is 9.59 Å². The third-order valence-electron chi connectivity index (χ3n) is 5.72. The van der Waals surface area contributed by atoms with Gasteiger partial charge in [-0.15, -0.1) is 0 Å². The van der Waals surface area contributed by atoms with Gasteiger partial charge >= 0.3 is 0 Å². The van der Waals surface area contributed by atoms with Gasteiger partial charge in [-0.3, -0.25) is 14.4 Å². The first kappa shape index (κ1) is 20.7. The van der Waals surface area contributed by atoms with E-state index >= 15 is 0 Å². The number of amides is 2. The molecule has 1 aliphatic carbocycles. The Kier molecular flexibility index (Phi) is 6.27. The molecular weight excluding hydrogens is 398 g/mol. The molecule has 30 heavy (non-hydrogen) atoms. The maximum absolute atomic E-state index is 13.3. The highest BCUT2D eigenvalue weighted by Gasteiger charge is 2.35. The molecule has 1 fully saturated rings. The molecule has 1 aromatic heterocycles. The van der Waals surface area contributed by atoms with Crippen LogP contribution in [0.2, 0.25) is 0 Å². The molecule has 0 bridgehead atoms. The van der Waals surface area contributed by atoms with Gasteiger partial charge in [0.25, 0.3) is 11.5 Å². The Labute approximate surface area is 180 Å². The van der Waals surface area contributed by atoms with Crippen LogP contribution in [0.25, 0.3) is 0 Å². The number of thioether (sulfide) groups is 1. The average Bonchev–Trinajstić information content (AvgIpc) is 3.60. The highest BCUT2D eigenvalue weighted by atomic mass is 32.2. The molecule has 0 saturated heterocycles. The van der Waals surface area contributed by atoms with Crippen molar-refractivity contribution in [3.8, 4) is 0 Å². The number of benzene rings is 1. The number of hydrogen-bond donors (Lipinski definition) is 1. The van der Waals surface area contributed by atoms with E-state index in [2.05, 4.69) is 5.32 Å². The molecule has 0 spiro atoms. The van der Waals surface area contributed by atoms with Crippen LogP contribution in [0.5, 0.6) is 0 Å². The predicted molar refractivity (Wildman–Crippen MR) is 119 cm³/mol. The number of carbonyl (C=O) groups is 2. The zero-order valence-electron chi connectivity index (χ0n) is 17.2. The van der Waals surface area contributed by atoms with Crippen LogP contribution in [0.1, 0.15) is 39.9 Å². The molecule has 2 amide bonds. The van der Waals surface area contributed by atoms with Crippen LogP contribution in [-0.2, 0) is 24.3 Å². The Balaban J connectivity index is 1.69. The van der Waals surface area contributed by atoms with Gasteiger partial charge in [0, 0.05) is 37.5 Å². The van der Waals surface area contributed by atoms with Crippen molar-refractivity contribution in [2.24, 2.45) is 5.92 Å². The van der Waals surface area contributed by atoms with Crippen molar-refractivity contribution in [1.82, 2.24) is 14.8 Å². The van der Waals surface area contributed by atoms with Gasteiger partial charge in [-0.1, -0.05) is 30.3 Å². The van der Waals surface area contributed by atoms with Gasteiger partial charge in [-0.2, -0.15) is 11.8 Å². The maximum atomic E-state index is 13.3. The Bertz CT molecular complexity index is 999. The van der Waals surface area contributed by atoms with Gasteiger partial charge < -0.3 is 14.8 Å². The van der Waals surface area contributed by atoms with Gasteiger partial charge in [0.05, 0.1) is 6.54 Å². The lowest BCUT2D eigenvalue weighted by Crippen LogP contribution is -2.42. The lowest BCUT2D eigenvalue weighted by Gasteiger charge is -2.30. The number of nitrogens with one attached hydrogen (secondary N) is 1. The first-order chi connectivity index (χ1) is 14.6. The van der Waals surface area contributed by atoms with Crippen LogP contribution >= 0.6 is 11.8 Å². The molecule has 2 aliphatic rings. The summed E-state index contributed by atoms with van der Waals surface area (Å²) in [6, 6.07) is 9.74. The molecule has 1 N–H and O–H groups in total. The van der Waals surface area contributed by atoms with E-state index < -0.39 is 0 Å². The molecule has 6 nitrogen and oxygen atoms in total. The van der Waals surface area contributed by atoms with E-state index in [9.17, 15) is 14.4 Å². The van der Waals surface area contributed by atoms with Crippen LogP contribution in [0.4, 0.5) is 0 Å². The third kappa shape index (κ3) is 4.46. The minimum atomic E-state index is -0.310. The molecule has 1 saturated carbocycles. The highest BCUT2D eigenvalue weighted by Crippen LogP contribution is 2.33. The quantitative estimate of drug-likeness (QED) is 0.691. The van der Waals surface area contributed by atoms with Crippen LogP contribution in [0, 0.1) is 5.92 Å². The van der Waals surface area contributed by atoms with Gasteiger partial charge in [0.1, 0.15) is 5.56 Å². The molecule has 0 radical (unpaired) electrons. The molecule has 158 valence electrons. The average molecular weight is 426 g/mol. The molecule has 4 rings (SSSR count). The normalized spacial score (nSPS) is 15.6. The maximum Gasteiger partial charge on any atom is 0.264 e. The fourth-order valence-corrected chi connectivity index (χ4v) is 4.28. The number of rotatable bonds is 7. The fourth-order valence-electron chi connectivity index (χ4n) is 3.97. The highest BCUT2D eigenvalue weighted by molar-refractivity contribution is 7.98. The topological polar surface area (TPSA) is 71.4 Å². The monoisotopic (exact) mass is 425 g/mol. The predicted octanol–water partition coefficient (Wildman–Crippen LogP) is 2.28. The largest absolute Gasteiger partial charge is 0.351 e. The van der Waals surface area contributed by atoms with Crippen LogP contribution in [0.15, 0.2) is 41.3 Å². The molecule has 1 aliphatic heterocycles. The second kappa shape index (κ2) is 9.08. The molecule has 7 heteroatoms. The second-order valence-corrected chi connectivity index (χ2v) is 8.94. The summed E-state index contributed by atoms with van der Waals surface area (Å²) in [5.74, 6) is 0.848. The number of nitrogens with zero attached hydrogens (tertiary/aromatic N) is 2. The number of pyridine rings is 1. The molecule has 1 aromatic carbocycles. The third-order valence-corrected chi connectivity index (χ3v) is 6.33. The molecule has 0 atom stereocenters. The van der Waals surface area contributed by atoms with Gasteiger partial charge in [0.15, 0.2) is 0 Å². The molecule has 2 heterocycles. The molecule has 0 unspecified atom stereocenters. The lowest BCUT2D eigenvalue weighted by molar-refractivity contribution is -0.133. The van der Waals surface area contributed by atoms with Crippen molar-refractivity contribution in [3.05, 3.63) is 69.1 Å². The second-order valence-electron chi connectivity index (χ2n) is 7.96. The number of carbonyl (C=O) groups excluding carboxylic acids is 2. The standard InChI is InChI=1S/C23H27N3O3S/c1-30-12-10-24-21(27)20-19-9-11-25(22(28)17-7-8-17)14-18(19)15-26(23(20)29)13-16-5-3-2-4-6-16/h2-6,15,17H,7-14H2,1H3,(H,24,27). The van der Waals surface area contributed by atoms with Crippen LogP contribution < -0.4 is 10.9 Å². The summed E-state index contributed by atoms with van der Waals surface area (Å²) in [7, 11) is 0. The van der Waals surface area contributed by atoms with E-state index in [1.165, 1.54) is 0 Å². The summed E-state index contributed by atoms with van der Waals surface area (Å²) >= 11 is 1.65. The van der Waals surface area contributed by atoms with Crippen molar-refractivity contribution >= 4 is 23.6 Å². The van der Waals surface area contributed by atoms with Gasteiger partial charge in [-0.05, 0) is 42.2 Å². The van der Waals surface area contributed by atoms with Gasteiger partial charge in [-0.25, -0.2) is 0 Å². The van der Waals surface area contributed by atoms with Crippen LogP contribution in [0.3, 0.4) is 0 Å². The van der Waals surface area contributed by atoms with Crippen molar-refractivity contribution in [2.45, 2.75) is 32.4 Å². The minimum absolute atomic E-state index is 0.163. The first-order valence-corrected chi connectivity index (χ1v) is 11.8. The number of fused-ring (bicyclic) bond motifs is 1. The van der Waals surface area contributed by atoms with E-state index in [-0.39, 0.29) is 28.9 Å². The summed E-state index contributed by atoms with van der Waals surface area (Å²) in [5, 5.41) is 2.89. The Morgan fingerprint density at radius 3 is 2.67 bits per heavy atom. The number of hydrogen-bond acceptors (Lipinski definition) is 4. The summed E-state index contributed by atoms with van der Waals surface area (Å²) in [5.41, 5.74) is 2.67. The van der Waals surface area contributed by atoms with Crippen molar-refractivity contribution in [1.29, 1.82) is 0 Å². The summed E-state index contributed by atoms with van der Waals surface area (Å²) in [4.78, 5) is 40.7. The van der Waals surface area contributed by atoms with E-state index in [1.54, 1.807) is 16.3 Å². The van der Waals surface area contributed by atoms with E-state index in [0.29, 0.717) is 32.6 Å². The zero-order valence-corrected chi connectivity index (χ0v) is 18.0. The Morgan fingerprint density at radius 2 is 1.97 bits per heavy atom. The molecular formula is C23H27N3O3S. The first-order valence-electron chi connectivity index (χ1n) is 10.4. The fraction of sp³-hybridized carbons (Fsp3) is 0.435. The summed E-state index contributed by atoms with van der Waals surface area (Å²) < 4.78 is 1.61. The van der Waals surface area contributed by atoms with Gasteiger partial charge in [0.2, 0.25) is 5.91 Å². The van der Waals surface area contributed by atoms with E-state index in [1.807, 2.05) is 47.7 Å².